The van der Waals surface area contributed by atoms with Gasteiger partial charge in [0.25, 0.3) is 0 Å². The van der Waals surface area contributed by atoms with Crippen LogP contribution < -0.4 is 5.73 Å². The standard InChI is InChI=1S/C11H12F3NO2/c1-2-17-11(16)9(14)10(15)7-5-6(12)3-4-8(7)13/h3-5,9-10H,2,15H2,1H3/t9?,10-/m1/s1. The van der Waals surface area contributed by atoms with Gasteiger partial charge in [0.1, 0.15) is 11.6 Å². The fourth-order valence-corrected chi connectivity index (χ4v) is 1.30. The minimum atomic E-state index is -2.23. The van der Waals surface area contributed by atoms with Crippen LogP contribution in [0.2, 0.25) is 0 Å². The van der Waals surface area contributed by atoms with Gasteiger partial charge in [-0.15, -0.1) is 0 Å². The molecule has 17 heavy (non-hydrogen) atoms. The highest BCUT2D eigenvalue weighted by Crippen LogP contribution is 2.21. The minimum absolute atomic E-state index is 0.0163. The third kappa shape index (κ3) is 3.20. The average Bonchev–Trinajstić information content (AvgIpc) is 2.30. The second kappa shape index (κ2) is 5.67. The first kappa shape index (κ1) is 13.5. The molecular formula is C11H12F3NO2. The van der Waals surface area contributed by atoms with Gasteiger partial charge in [-0.1, -0.05) is 0 Å². The zero-order chi connectivity index (χ0) is 13.0. The van der Waals surface area contributed by atoms with Gasteiger partial charge in [-0.3, -0.25) is 0 Å². The summed E-state index contributed by atoms with van der Waals surface area (Å²) in [6, 6.07) is 0.863. The Labute approximate surface area is 96.4 Å². The normalized spacial score (nSPS) is 14.2. The third-order valence-electron chi connectivity index (χ3n) is 2.14. The van der Waals surface area contributed by atoms with E-state index in [2.05, 4.69) is 4.74 Å². The zero-order valence-electron chi connectivity index (χ0n) is 9.12. The Hall–Kier alpha value is -1.56. The van der Waals surface area contributed by atoms with Gasteiger partial charge < -0.3 is 10.5 Å². The number of alkyl halides is 1. The molecule has 0 saturated heterocycles. The van der Waals surface area contributed by atoms with Crippen molar-refractivity contribution in [2.45, 2.75) is 19.1 Å². The number of carbonyl (C=O) groups is 1. The second-order valence-corrected chi connectivity index (χ2v) is 3.35. The van der Waals surface area contributed by atoms with Gasteiger partial charge in [-0.05, 0) is 25.1 Å². The molecule has 0 spiro atoms. The van der Waals surface area contributed by atoms with Crippen LogP contribution in [0.1, 0.15) is 18.5 Å². The molecule has 0 saturated carbocycles. The molecular weight excluding hydrogens is 235 g/mol. The van der Waals surface area contributed by atoms with Crippen LogP contribution in [-0.2, 0) is 9.53 Å². The quantitative estimate of drug-likeness (QED) is 0.826. The van der Waals surface area contributed by atoms with Gasteiger partial charge in [0.2, 0.25) is 6.17 Å². The summed E-state index contributed by atoms with van der Waals surface area (Å²) in [7, 11) is 0. The van der Waals surface area contributed by atoms with E-state index >= 15 is 0 Å². The highest BCUT2D eigenvalue weighted by atomic mass is 19.1. The van der Waals surface area contributed by atoms with Crippen LogP contribution in [-0.4, -0.2) is 18.7 Å². The van der Waals surface area contributed by atoms with Gasteiger partial charge >= 0.3 is 5.97 Å². The molecule has 1 rings (SSSR count). The molecule has 94 valence electrons. The molecule has 1 unspecified atom stereocenters. The Morgan fingerprint density at radius 1 is 1.47 bits per heavy atom. The molecule has 0 heterocycles. The first-order chi connectivity index (χ1) is 7.97. The van der Waals surface area contributed by atoms with Crippen molar-refractivity contribution in [1.29, 1.82) is 0 Å². The first-order valence-electron chi connectivity index (χ1n) is 4.98. The Kier molecular flexibility index (Phi) is 4.51. The van der Waals surface area contributed by atoms with Gasteiger partial charge in [-0.25, -0.2) is 18.0 Å². The number of hydrogen-bond donors (Lipinski definition) is 1. The summed E-state index contributed by atoms with van der Waals surface area (Å²) >= 11 is 0. The van der Waals surface area contributed by atoms with E-state index in [1.165, 1.54) is 6.92 Å². The largest absolute Gasteiger partial charge is 0.464 e. The van der Waals surface area contributed by atoms with E-state index in [4.69, 9.17) is 5.73 Å². The number of carbonyl (C=O) groups excluding carboxylic acids is 1. The molecule has 0 bridgehead atoms. The molecule has 0 aromatic heterocycles. The maximum absolute atomic E-state index is 13.5. The molecule has 6 heteroatoms. The number of rotatable bonds is 4. The Morgan fingerprint density at radius 2 is 2.12 bits per heavy atom. The lowest BCUT2D eigenvalue weighted by Gasteiger charge is -2.16. The van der Waals surface area contributed by atoms with Crippen molar-refractivity contribution in [2.24, 2.45) is 5.73 Å². The molecule has 0 amide bonds. The first-order valence-corrected chi connectivity index (χ1v) is 4.98. The summed E-state index contributed by atoms with van der Waals surface area (Å²) in [5.74, 6) is -2.82. The Bertz CT molecular complexity index is 412. The van der Waals surface area contributed by atoms with Crippen LogP contribution in [0.15, 0.2) is 18.2 Å². The van der Waals surface area contributed by atoms with E-state index < -0.39 is 35.4 Å². The van der Waals surface area contributed by atoms with E-state index in [9.17, 15) is 18.0 Å². The van der Waals surface area contributed by atoms with E-state index in [0.717, 1.165) is 18.2 Å². The molecule has 2 atom stereocenters. The van der Waals surface area contributed by atoms with Crippen molar-refractivity contribution >= 4 is 5.97 Å². The lowest BCUT2D eigenvalue weighted by molar-refractivity contribution is -0.149. The molecule has 3 nitrogen and oxygen atoms in total. The van der Waals surface area contributed by atoms with Crippen LogP contribution in [0, 0.1) is 11.6 Å². The molecule has 1 aromatic rings. The van der Waals surface area contributed by atoms with Gasteiger partial charge in [-0.2, -0.15) is 0 Å². The molecule has 0 aliphatic rings. The summed E-state index contributed by atoms with van der Waals surface area (Å²) in [6.07, 6.45) is -2.23. The highest BCUT2D eigenvalue weighted by molar-refractivity contribution is 5.75. The second-order valence-electron chi connectivity index (χ2n) is 3.35. The van der Waals surface area contributed by atoms with Crippen LogP contribution >= 0.6 is 0 Å². The number of hydrogen-bond acceptors (Lipinski definition) is 3. The maximum Gasteiger partial charge on any atom is 0.342 e. The number of esters is 1. The van der Waals surface area contributed by atoms with Gasteiger partial charge in [0, 0.05) is 5.56 Å². The van der Waals surface area contributed by atoms with Crippen LogP contribution in [0.5, 0.6) is 0 Å². The summed E-state index contributed by atoms with van der Waals surface area (Å²) in [6.45, 7) is 1.48. The SMILES string of the molecule is CCOC(=O)C(F)[C@H](N)c1cc(F)ccc1F. The van der Waals surface area contributed by atoms with Crippen molar-refractivity contribution in [3.05, 3.63) is 35.4 Å². The maximum atomic E-state index is 13.5. The van der Waals surface area contributed by atoms with Crippen LogP contribution in [0.3, 0.4) is 0 Å². The molecule has 1 aromatic carbocycles. The van der Waals surface area contributed by atoms with Gasteiger partial charge in [0.05, 0.1) is 12.6 Å². The van der Waals surface area contributed by atoms with Crippen molar-refractivity contribution in [3.8, 4) is 0 Å². The molecule has 0 aliphatic carbocycles. The lowest BCUT2D eigenvalue weighted by atomic mass is 10.0. The zero-order valence-corrected chi connectivity index (χ0v) is 9.12. The third-order valence-corrected chi connectivity index (χ3v) is 2.14. The van der Waals surface area contributed by atoms with Crippen molar-refractivity contribution < 1.29 is 22.7 Å². The number of nitrogens with two attached hydrogens (primary N) is 1. The van der Waals surface area contributed by atoms with E-state index in [-0.39, 0.29) is 6.61 Å². The molecule has 2 N–H and O–H groups in total. The van der Waals surface area contributed by atoms with E-state index in [1.54, 1.807) is 0 Å². The smallest absolute Gasteiger partial charge is 0.342 e. The summed E-state index contributed by atoms with van der Waals surface area (Å²) in [5.41, 5.74) is 4.96. The average molecular weight is 247 g/mol. The van der Waals surface area contributed by atoms with E-state index in [1.807, 2.05) is 0 Å². The Morgan fingerprint density at radius 3 is 2.71 bits per heavy atom. The Balaban J connectivity index is 2.91. The van der Waals surface area contributed by atoms with Crippen molar-refractivity contribution in [3.63, 3.8) is 0 Å². The predicted molar refractivity (Wildman–Crippen MR) is 54.8 cm³/mol. The summed E-state index contributed by atoms with van der Waals surface area (Å²) in [4.78, 5) is 11.1. The van der Waals surface area contributed by atoms with E-state index in [0.29, 0.717) is 0 Å². The lowest BCUT2D eigenvalue weighted by Crippen LogP contribution is -2.32. The fraction of sp³-hybridized carbons (Fsp3) is 0.364. The molecule has 0 aliphatic heterocycles. The molecule has 0 fully saturated rings. The van der Waals surface area contributed by atoms with Crippen molar-refractivity contribution in [2.75, 3.05) is 6.61 Å². The van der Waals surface area contributed by atoms with Crippen LogP contribution in [0.4, 0.5) is 13.2 Å². The fourth-order valence-electron chi connectivity index (χ4n) is 1.30. The van der Waals surface area contributed by atoms with Crippen molar-refractivity contribution in [1.82, 2.24) is 0 Å². The summed E-state index contributed by atoms with van der Waals surface area (Å²) < 4.78 is 44.0. The van der Waals surface area contributed by atoms with Gasteiger partial charge in [0.15, 0.2) is 0 Å². The summed E-state index contributed by atoms with van der Waals surface area (Å²) in [5, 5.41) is 0. The molecule has 0 radical (unpaired) electrons. The minimum Gasteiger partial charge on any atom is -0.464 e. The van der Waals surface area contributed by atoms with Crippen LogP contribution in [0.25, 0.3) is 0 Å². The predicted octanol–water partition coefficient (Wildman–Crippen LogP) is 1.87. The number of halogens is 3. The number of benzene rings is 1. The highest BCUT2D eigenvalue weighted by Gasteiger charge is 2.29. The topological polar surface area (TPSA) is 52.3 Å². The monoisotopic (exact) mass is 247 g/mol. The number of ether oxygens (including phenoxy) is 1.